The quantitative estimate of drug-likeness (QED) is 0.670. The molecule has 1 aromatic rings. The van der Waals surface area contributed by atoms with Crippen molar-refractivity contribution >= 4 is 5.94 Å². The zero-order chi connectivity index (χ0) is 14.4. The molecule has 1 rings (SSSR count). The summed E-state index contributed by atoms with van der Waals surface area (Å²) in [7, 11) is 0. The van der Waals surface area contributed by atoms with Crippen LogP contribution in [0.4, 0.5) is 0 Å². The third-order valence-electron chi connectivity index (χ3n) is 1.95. The van der Waals surface area contributed by atoms with Crippen LogP contribution in [0.25, 0.3) is 0 Å². The van der Waals surface area contributed by atoms with Crippen LogP contribution < -0.4 is 5.32 Å². The summed E-state index contributed by atoms with van der Waals surface area (Å²) in [6.45, 7) is 12.9. The fraction of sp³-hybridized carbons (Fsp3) is 0.538. The molecular formula is C13H22N3O2Y. The van der Waals surface area contributed by atoms with Crippen LogP contribution in [0.15, 0.2) is 11.1 Å². The van der Waals surface area contributed by atoms with Gasteiger partial charge in [-0.3, -0.25) is 0 Å². The van der Waals surface area contributed by atoms with Crippen molar-refractivity contribution in [3.63, 3.8) is 0 Å². The van der Waals surface area contributed by atoms with Crippen molar-refractivity contribution in [1.29, 1.82) is 0 Å². The van der Waals surface area contributed by atoms with Crippen LogP contribution in [-0.2, 0) is 37.5 Å². The van der Waals surface area contributed by atoms with E-state index in [1.165, 1.54) is 5.94 Å². The number of hydrogen-bond acceptors (Lipinski definition) is 5. The minimum atomic E-state index is 0. The molecule has 0 aliphatic rings. The van der Waals surface area contributed by atoms with Gasteiger partial charge < -0.3 is 27.7 Å². The second-order valence-electron chi connectivity index (χ2n) is 3.49. The Balaban J connectivity index is -0.000000222. The first-order valence-electron chi connectivity index (χ1n) is 5.67. The summed E-state index contributed by atoms with van der Waals surface area (Å²) >= 11 is 0. The zero-order valence-electron chi connectivity index (χ0n) is 12.3. The smallest absolute Gasteiger partial charge is 0.459 e. The summed E-state index contributed by atoms with van der Waals surface area (Å²) in [5, 5.41) is 6.74. The summed E-state index contributed by atoms with van der Waals surface area (Å²) in [6.07, 6.45) is 6.50. The van der Waals surface area contributed by atoms with Crippen LogP contribution >= 0.6 is 0 Å². The molecule has 2 atom stereocenters. The SMILES string of the molecule is C=C=O.C[CH-]C(C)NC(C)[CH-]C.Cc1n[c-]on1.[Y+3]. The molecule has 1 heterocycles. The average molecular weight is 341 g/mol. The molecule has 0 aliphatic carbocycles. The van der Waals surface area contributed by atoms with Crippen molar-refractivity contribution in [3.8, 4) is 0 Å². The molecule has 0 aromatic carbocycles. The maximum atomic E-state index is 8.57. The van der Waals surface area contributed by atoms with Crippen LogP contribution in [0.2, 0.25) is 0 Å². The molecule has 0 spiro atoms. The third kappa shape index (κ3) is 20.1. The maximum absolute atomic E-state index is 8.57. The summed E-state index contributed by atoms with van der Waals surface area (Å²) in [5.41, 5.74) is 0. The Bertz CT molecular complexity index is 291. The molecule has 0 bridgehead atoms. The summed E-state index contributed by atoms with van der Waals surface area (Å²) < 4.78 is 4.23. The zero-order valence-corrected chi connectivity index (χ0v) is 15.1. The van der Waals surface area contributed by atoms with Gasteiger partial charge >= 0.3 is 32.7 Å². The number of carbonyl (C=O) groups excluding carboxylic acids is 1. The molecule has 0 amide bonds. The van der Waals surface area contributed by atoms with Crippen molar-refractivity contribution in [2.45, 2.75) is 46.7 Å². The van der Waals surface area contributed by atoms with E-state index in [0.29, 0.717) is 17.9 Å². The van der Waals surface area contributed by atoms with Gasteiger partial charge in [0.2, 0.25) is 0 Å². The topological polar surface area (TPSA) is 68.0 Å². The Hall–Kier alpha value is -0.346. The Labute approximate surface area is 141 Å². The van der Waals surface area contributed by atoms with E-state index in [2.05, 4.69) is 73.5 Å². The van der Waals surface area contributed by atoms with Crippen LogP contribution in [0.1, 0.15) is 33.5 Å². The van der Waals surface area contributed by atoms with E-state index in [-0.39, 0.29) is 32.7 Å². The Morgan fingerprint density at radius 1 is 1.37 bits per heavy atom. The second kappa shape index (κ2) is 17.7. The van der Waals surface area contributed by atoms with Crippen molar-refractivity contribution in [2.24, 2.45) is 0 Å². The summed E-state index contributed by atoms with van der Waals surface area (Å²) in [4.78, 5) is 12.1. The second-order valence-corrected chi connectivity index (χ2v) is 3.49. The minimum absolute atomic E-state index is 0. The fourth-order valence-corrected chi connectivity index (χ4v) is 0.800. The Morgan fingerprint density at radius 3 is 1.95 bits per heavy atom. The number of aryl methyl sites for hydroxylation is 1. The molecule has 0 saturated heterocycles. The predicted molar refractivity (Wildman–Crippen MR) is 71.2 cm³/mol. The van der Waals surface area contributed by atoms with Gasteiger partial charge in [-0.1, -0.05) is 20.8 Å². The minimum Gasteiger partial charge on any atom is -0.459 e. The van der Waals surface area contributed by atoms with E-state index >= 15 is 0 Å². The molecule has 0 saturated carbocycles. The molecule has 19 heavy (non-hydrogen) atoms. The van der Waals surface area contributed by atoms with Gasteiger partial charge in [0.15, 0.2) is 0 Å². The predicted octanol–water partition coefficient (Wildman–Crippen LogP) is 1.98. The van der Waals surface area contributed by atoms with E-state index in [1.54, 1.807) is 6.92 Å². The van der Waals surface area contributed by atoms with E-state index < -0.39 is 0 Å². The van der Waals surface area contributed by atoms with Gasteiger partial charge in [-0.25, -0.2) is 4.79 Å². The Morgan fingerprint density at radius 2 is 1.79 bits per heavy atom. The van der Waals surface area contributed by atoms with Crippen molar-refractivity contribution in [3.05, 3.63) is 31.6 Å². The monoisotopic (exact) mass is 341 g/mol. The average Bonchev–Trinajstić information content (AvgIpc) is 2.81. The van der Waals surface area contributed by atoms with Gasteiger partial charge in [0.25, 0.3) is 0 Å². The Kier molecular flexibility index (Phi) is 22.0. The van der Waals surface area contributed by atoms with Gasteiger partial charge in [-0.05, 0) is 6.58 Å². The first-order chi connectivity index (χ1) is 8.51. The number of nitrogens with zero attached hydrogens (tertiary/aromatic N) is 2. The third-order valence-corrected chi connectivity index (χ3v) is 1.95. The van der Waals surface area contributed by atoms with Gasteiger partial charge in [0.05, 0.1) is 6.39 Å². The number of aromatic nitrogens is 2. The molecule has 104 valence electrons. The molecule has 0 aliphatic heterocycles. The molecule has 1 N–H and O–H groups in total. The molecule has 0 radical (unpaired) electrons. The van der Waals surface area contributed by atoms with Crippen molar-refractivity contribution in [1.82, 2.24) is 15.5 Å². The molecule has 6 heteroatoms. The maximum Gasteiger partial charge on any atom is 3.00 e. The van der Waals surface area contributed by atoms with Gasteiger partial charge in [-0.15, -0.1) is 12.1 Å². The number of rotatable bonds is 4. The fourth-order valence-electron chi connectivity index (χ4n) is 0.800. The first kappa shape index (κ1) is 23.7. The van der Waals surface area contributed by atoms with Crippen molar-refractivity contribution < 1.29 is 42.0 Å². The molecule has 5 nitrogen and oxygen atoms in total. The summed E-state index contributed by atoms with van der Waals surface area (Å²) in [6, 6.07) is 1.05. The molecule has 0 fully saturated rings. The van der Waals surface area contributed by atoms with E-state index in [0.717, 1.165) is 0 Å². The normalized spacial score (nSPS) is 11.4. The molecule has 2 unspecified atom stereocenters. The van der Waals surface area contributed by atoms with Gasteiger partial charge in [-0.2, -0.15) is 19.0 Å². The van der Waals surface area contributed by atoms with Crippen molar-refractivity contribution in [2.75, 3.05) is 0 Å². The standard InChI is InChI=1S/C8H17N.C3H3N2O.C2H2O.Y/c1-5-7(3)9-8(4)6-2;1-3-4-2-6-5-3;1-2-3;/h5-9H,1-4H3;1H3;1H2;/q-2;-1;;+3. The van der Waals surface area contributed by atoms with E-state index in [9.17, 15) is 0 Å². The molecule has 1 aromatic heterocycles. The molecular weight excluding hydrogens is 319 g/mol. The number of hydrogen-bond donors (Lipinski definition) is 1. The summed E-state index contributed by atoms with van der Waals surface area (Å²) in [5.74, 6) is 1.87. The van der Waals surface area contributed by atoms with E-state index in [1.807, 2.05) is 0 Å². The first-order valence-corrected chi connectivity index (χ1v) is 5.67. The van der Waals surface area contributed by atoms with Crippen LogP contribution in [0.5, 0.6) is 0 Å². The van der Waals surface area contributed by atoms with Crippen LogP contribution in [0, 0.1) is 26.2 Å². The largest absolute Gasteiger partial charge is 3.00 e. The number of nitrogens with one attached hydrogen (secondary N) is 1. The van der Waals surface area contributed by atoms with Gasteiger partial charge in [0, 0.05) is 5.82 Å². The van der Waals surface area contributed by atoms with Gasteiger partial charge in [0.1, 0.15) is 5.94 Å². The van der Waals surface area contributed by atoms with Crippen LogP contribution in [-0.4, -0.2) is 28.2 Å². The van der Waals surface area contributed by atoms with Crippen LogP contribution in [0.3, 0.4) is 0 Å². The van der Waals surface area contributed by atoms with E-state index in [4.69, 9.17) is 4.79 Å².